The Bertz CT molecular complexity index is 474. The van der Waals surface area contributed by atoms with E-state index >= 15 is 0 Å². The Morgan fingerprint density at radius 3 is 2.50 bits per heavy atom. The lowest BCUT2D eigenvalue weighted by atomic mass is 10.1. The van der Waals surface area contributed by atoms with Crippen molar-refractivity contribution in [2.75, 3.05) is 19.8 Å². The Labute approximate surface area is 144 Å². The van der Waals surface area contributed by atoms with Crippen molar-refractivity contribution in [2.45, 2.75) is 52.0 Å². The smallest absolute Gasteiger partial charge is 0.408 e. The molecule has 2 atom stereocenters. The van der Waals surface area contributed by atoms with E-state index in [4.69, 9.17) is 14.6 Å². The van der Waals surface area contributed by atoms with Gasteiger partial charge in [-0.3, -0.25) is 0 Å². The Morgan fingerprint density at radius 1 is 1.25 bits per heavy atom. The van der Waals surface area contributed by atoms with Crippen molar-refractivity contribution in [2.24, 2.45) is 0 Å². The lowest BCUT2D eigenvalue weighted by Gasteiger charge is -2.28. The molecule has 2 unspecified atom stereocenters. The standard InChI is InChI=1S/C18H30N2O4/c1-14(19-10-11-21)16(20-17(22)24-18(2,3)4)13-23-12-15-8-6-5-7-9-15/h5-9,14,16,19,21H,10-13H2,1-4H3,(H,20,22). The van der Waals surface area contributed by atoms with Crippen molar-refractivity contribution in [1.82, 2.24) is 10.6 Å². The normalized spacial score (nSPS) is 14.0. The Morgan fingerprint density at radius 2 is 1.92 bits per heavy atom. The first-order valence-corrected chi connectivity index (χ1v) is 8.27. The average molecular weight is 338 g/mol. The van der Waals surface area contributed by atoms with Crippen LogP contribution in [0, 0.1) is 0 Å². The van der Waals surface area contributed by atoms with E-state index in [1.165, 1.54) is 0 Å². The minimum absolute atomic E-state index is 0.0361. The predicted molar refractivity (Wildman–Crippen MR) is 93.8 cm³/mol. The van der Waals surface area contributed by atoms with Gasteiger partial charge in [0.05, 0.1) is 25.9 Å². The van der Waals surface area contributed by atoms with Gasteiger partial charge in [-0.25, -0.2) is 4.79 Å². The first-order chi connectivity index (χ1) is 11.3. The number of rotatable bonds is 9. The third kappa shape index (κ3) is 8.86. The summed E-state index contributed by atoms with van der Waals surface area (Å²) in [6, 6.07) is 9.52. The van der Waals surface area contributed by atoms with Crippen LogP contribution >= 0.6 is 0 Å². The molecule has 0 saturated heterocycles. The second kappa shape index (κ2) is 10.3. The van der Waals surface area contributed by atoms with Gasteiger partial charge in [0.15, 0.2) is 0 Å². The molecular weight excluding hydrogens is 308 g/mol. The van der Waals surface area contributed by atoms with E-state index in [-0.39, 0.29) is 18.7 Å². The summed E-state index contributed by atoms with van der Waals surface area (Å²) in [7, 11) is 0. The molecule has 1 aromatic rings. The lowest BCUT2D eigenvalue weighted by Crippen LogP contribution is -2.52. The van der Waals surface area contributed by atoms with E-state index in [1.807, 2.05) is 58.0 Å². The number of ether oxygens (including phenoxy) is 2. The molecule has 1 rings (SSSR count). The Balaban J connectivity index is 2.55. The Kier molecular flexibility index (Phi) is 8.74. The number of hydrogen-bond donors (Lipinski definition) is 3. The molecule has 136 valence electrons. The van der Waals surface area contributed by atoms with E-state index in [0.29, 0.717) is 19.8 Å². The Hall–Kier alpha value is -1.63. The molecule has 1 aromatic carbocycles. The zero-order valence-electron chi connectivity index (χ0n) is 15.0. The van der Waals surface area contributed by atoms with Crippen LogP contribution in [0.4, 0.5) is 4.79 Å². The van der Waals surface area contributed by atoms with Gasteiger partial charge in [0.25, 0.3) is 0 Å². The SMILES string of the molecule is CC(NCCO)C(COCc1ccccc1)NC(=O)OC(C)(C)C. The number of alkyl carbamates (subject to hydrolysis) is 1. The van der Waals surface area contributed by atoms with Crippen LogP contribution in [0.2, 0.25) is 0 Å². The fourth-order valence-corrected chi connectivity index (χ4v) is 2.08. The zero-order chi connectivity index (χ0) is 18.0. The van der Waals surface area contributed by atoms with Gasteiger partial charge in [0, 0.05) is 12.6 Å². The molecule has 0 fully saturated rings. The quantitative estimate of drug-likeness (QED) is 0.642. The van der Waals surface area contributed by atoms with Crippen molar-refractivity contribution in [3.05, 3.63) is 35.9 Å². The van der Waals surface area contributed by atoms with Crippen molar-refractivity contribution in [3.8, 4) is 0 Å². The van der Waals surface area contributed by atoms with Gasteiger partial charge in [0.1, 0.15) is 5.60 Å². The molecule has 6 nitrogen and oxygen atoms in total. The number of hydrogen-bond acceptors (Lipinski definition) is 5. The number of aliphatic hydroxyl groups excluding tert-OH is 1. The van der Waals surface area contributed by atoms with Gasteiger partial charge in [-0.15, -0.1) is 0 Å². The number of carbonyl (C=O) groups excluding carboxylic acids is 1. The van der Waals surface area contributed by atoms with Crippen molar-refractivity contribution < 1.29 is 19.4 Å². The molecule has 24 heavy (non-hydrogen) atoms. The predicted octanol–water partition coefficient (Wildman–Crippen LogP) is 2.07. The molecular formula is C18H30N2O4. The summed E-state index contributed by atoms with van der Waals surface area (Å²) in [5.74, 6) is 0. The lowest BCUT2D eigenvalue weighted by molar-refractivity contribution is 0.0398. The van der Waals surface area contributed by atoms with Crippen LogP contribution in [0.1, 0.15) is 33.3 Å². The van der Waals surface area contributed by atoms with Crippen LogP contribution in [0.3, 0.4) is 0 Å². The summed E-state index contributed by atoms with van der Waals surface area (Å²) in [6.07, 6.45) is -0.478. The number of benzene rings is 1. The fourth-order valence-electron chi connectivity index (χ4n) is 2.08. The summed E-state index contributed by atoms with van der Waals surface area (Å²) >= 11 is 0. The maximum atomic E-state index is 12.0. The van der Waals surface area contributed by atoms with Crippen LogP contribution in [-0.2, 0) is 16.1 Å². The van der Waals surface area contributed by atoms with Crippen molar-refractivity contribution in [3.63, 3.8) is 0 Å². The van der Waals surface area contributed by atoms with Crippen LogP contribution in [-0.4, -0.2) is 48.6 Å². The van der Waals surface area contributed by atoms with Gasteiger partial charge in [-0.05, 0) is 33.3 Å². The minimum Gasteiger partial charge on any atom is -0.444 e. The summed E-state index contributed by atoms with van der Waals surface area (Å²) in [5.41, 5.74) is 0.519. The monoisotopic (exact) mass is 338 g/mol. The van der Waals surface area contributed by atoms with Crippen LogP contribution in [0.25, 0.3) is 0 Å². The molecule has 0 aromatic heterocycles. The second-order valence-electron chi connectivity index (χ2n) is 6.72. The van der Waals surface area contributed by atoms with Gasteiger partial charge in [-0.1, -0.05) is 30.3 Å². The summed E-state index contributed by atoms with van der Waals surface area (Å²) in [6.45, 7) is 8.70. The third-order valence-electron chi connectivity index (χ3n) is 3.29. The first-order valence-electron chi connectivity index (χ1n) is 8.27. The van der Waals surface area contributed by atoms with E-state index in [1.54, 1.807) is 0 Å². The fraction of sp³-hybridized carbons (Fsp3) is 0.611. The molecule has 3 N–H and O–H groups in total. The van der Waals surface area contributed by atoms with Crippen LogP contribution in [0.5, 0.6) is 0 Å². The molecule has 0 saturated carbocycles. The van der Waals surface area contributed by atoms with E-state index in [2.05, 4.69) is 10.6 Å². The summed E-state index contributed by atoms with van der Waals surface area (Å²) < 4.78 is 11.0. The van der Waals surface area contributed by atoms with Gasteiger partial charge in [0.2, 0.25) is 0 Å². The van der Waals surface area contributed by atoms with Gasteiger partial charge < -0.3 is 25.2 Å². The van der Waals surface area contributed by atoms with E-state index in [9.17, 15) is 4.79 Å². The maximum absolute atomic E-state index is 12.0. The van der Waals surface area contributed by atoms with E-state index in [0.717, 1.165) is 5.56 Å². The first kappa shape index (κ1) is 20.4. The van der Waals surface area contributed by atoms with Gasteiger partial charge in [-0.2, -0.15) is 0 Å². The second-order valence-corrected chi connectivity index (χ2v) is 6.72. The molecule has 0 bridgehead atoms. The topological polar surface area (TPSA) is 79.8 Å². The molecule has 0 radical (unpaired) electrons. The maximum Gasteiger partial charge on any atom is 0.408 e. The zero-order valence-corrected chi connectivity index (χ0v) is 15.0. The molecule has 0 aliphatic carbocycles. The number of amides is 1. The third-order valence-corrected chi connectivity index (χ3v) is 3.29. The number of nitrogens with one attached hydrogen (secondary N) is 2. The highest BCUT2D eigenvalue weighted by Crippen LogP contribution is 2.08. The van der Waals surface area contributed by atoms with Crippen molar-refractivity contribution >= 4 is 6.09 Å². The van der Waals surface area contributed by atoms with Crippen molar-refractivity contribution in [1.29, 1.82) is 0 Å². The summed E-state index contributed by atoms with van der Waals surface area (Å²) in [4.78, 5) is 12.0. The number of carbonyl (C=O) groups is 1. The summed E-state index contributed by atoms with van der Waals surface area (Å²) in [5, 5.41) is 14.9. The average Bonchev–Trinajstić information content (AvgIpc) is 2.51. The highest BCUT2D eigenvalue weighted by molar-refractivity contribution is 5.68. The minimum atomic E-state index is -0.554. The van der Waals surface area contributed by atoms with Crippen LogP contribution in [0.15, 0.2) is 30.3 Å². The highest BCUT2D eigenvalue weighted by Gasteiger charge is 2.23. The van der Waals surface area contributed by atoms with Crippen LogP contribution < -0.4 is 10.6 Å². The molecule has 0 aliphatic rings. The highest BCUT2D eigenvalue weighted by atomic mass is 16.6. The largest absolute Gasteiger partial charge is 0.444 e. The molecule has 0 spiro atoms. The van der Waals surface area contributed by atoms with E-state index < -0.39 is 11.7 Å². The number of aliphatic hydroxyl groups is 1. The van der Waals surface area contributed by atoms with Gasteiger partial charge >= 0.3 is 6.09 Å². The molecule has 1 amide bonds. The molecule has 0 aliphatic heterocycles. The molecule has 6 heteroatoms. The molecule has 0 heterocycles.